The van der Waals surface area contributed by atoms with E-state index in [1.165, 1.54) is 20.8 Å². The number of hydrogen-bond acceptors (Lipinski definition) is 41. The molecule has 0 aromatic rings. The predicted molar refractivity (Wildman–Crippen MR) is 422 cm³/mol. The van der Waals surface area contributed by atoms with Gasteiger partial charge in [0.1, 0.15) is 88.2 Å². The Hall–Kier alpha value is -9.61. The lowest BCUT2D eigenvalue weighted by Gasteiger charge is -2.44. The van der Waals surface area contributed by atoms with Crippen molar-refractivity contribution in [1.82, 2.24) is 37.2 Å². The van der Waals surface area contributed by atoms with Crippen LogP contribution in [0.25, 0.3) is 0 Å². The van der Waals surface area contributed by atoms with Crippen LogP contribution >= 0.6 is 0 Å². The van der Waals surface area contributed by atoms with Gasteiger partial charge in [-0.25, -0.2) is 4.79 Å². The molecule has 3 aliphatic heterocycles. The van der Waals surface area contributed by atoms with Gasteiger partial charge >= 0.3 is 59.7 Å². The van der Waals surface area contributed by atoms with Crippen LogP contribution in [0.2, 0.25) is 0 Å². The summed E-state index contributed by atoms with van der Waals surface area (Å²) in [5, 5.41) is 28.4. The summed E-state index contributed by atoms with van der Waals surface area (Å²) in [6, 6.07) is -6.22. The van der Waals surface area contributed by atoms with Gasteiger partial charge < -0.3 is 156 Å². The molecule has 3 aliphatic rings. The van der Waals surface area contributed by atoms with Crippen molar-refractivity contribution in [3.8, 4) is 0 Å². The molecule has 0 aromatic heterocycles. The van der Waals surface area contributed by atoms with Crippen LogP contribution in [0.3, 0.4) is 0 Å². The number of amides is 7. The fraction of sp³-hybridized carbons (Fsp3) is 0.782. The SMILES string of the molecule is CC(=O)N[C@H]1[C@H](OCCOCCOCCOCC(=O)NCCCCC(NC(=O)C(CCCCNC(=O)COCCOCCOCCO[C@@H]2O[C@H](COC(C)=O)[C@H](OC(C)=O)[C@H](OC(C)=O)[C@H]2NC(C)=O)NC(=O)COCCOCCOCCO[C@@H]2O[C@H](COC(C)=O)[C@H](OC(C)=O)[C@H](OC(C)=O)[C@H]2NC(C)=O)C(=O)O)O[C@H](COC(C)=O)[C@H](OC(C)=O)[C@@H]1OC(C)=O. The van der Waals surface area contributed by atoms with Crippen LogP contribution < -0.4 is 37.2 Å². The van der Waals surface area contributed by atoms with Crippen LogP contribution in [0.4, 0.5) is 0 Å². The number of ether oxygens (including phenoxy) is 24. The van der Waals surface area contributed by atoms with Gasteiger partial charge in [0, 0.05) is 96.2 Å². The molecular weight excluding hydrogens is 1710 g/mol. The first-order valence-corrected chi connectivity index (χ1v) is 41.1. The minimum absolute atomic E-state index is 0.00367. The summed E-state index contributed by atoms with van der Waals surface area (Å²) in [5.74, 6) is -12.2. The number of carboxylic acids is 1. The fourth-order valence-corrected chi connectivity index (χ4v) is 12.3. The van der Waals surface area contributed by atoms with Gasteiger partial charge in [0.25, 0.3) is 0 Å². The van der Waals surface area contributed by atoms with Crippen molar-refractivity contribution in [2.45, 2.75) is 226 Å². The number of rotatable bonds is 65. The maximum atomic E-state index is 13.8. The Kier molecular flexibility index (Phi) is 56.4. The lowest BCUT2D eigenvalue weighted by atomic mass is 9.96. The molecule has 2 unspecified atom stereocenters. The number of carbonyl (C=O) groups is 17. The maximum Gasteiger partial charge on any atom is 0.326 e. The summed E-state index contributed by atoms with van der Waals surface area (Å²) in [6.45, 7) is 11.6. The Bertz CT molecular complexity index is 3430. The monoisotopic (exact) mass is 1830 g/mol. The van der Waals surface area contributed by atoms with Crippen LogP contribution in [-0.2, 0) is 195 Å². The number of hydrogen-bond donors (Lipinski definition) is 8. The second-order valence-corrected chi connectivity index (χ2v) is 28.3. The molecule has 17 atom stereocenters. The molecule has 7 amide bonds. The van der Waals surface area contributed by atoms with Gasteiger partial charge in [0.15, 0.2) is 55.5 Å². The highest BCUT2D eigenvalue weighted by Gasteiger charge is 2.54. The quantitative estimate of drug-likeness (QED) is 0.0163. The van der Waals surface area contributed by atoms with Crippen LogP contribution in [0.1, 0.15) is 122 Å². The van der Waals surface area contributed by atoms with Crippen LogP contribution in [0.5, 0.6) is 0 Å². The maximum absolute atomic E-state index is 13.8. The fourth-order valence-electron chi connectivity index (χ4n) is 12.3. The molecule has 3 saturated heterocycles. The second kappa shape index (κ2) is 64.2. The van der Waals surface area contributed by atoms with Crippen molar-refractivity contribution >= 4 is 101 Å². The molecule has 49 heteroatoms. The number of carbonyl (C=O) groups excluding carboxylic acids is 16. The molecule has 3 heterocycles. The van der Waals surface area contributed by atoms with E-state index in [-0.39, 0.29) is 171 Å². The molecule has 127 heavy (non-hydrogen) atoms. The van der Waals surface area contributed by atoms with Gasteiger partial charge in [-0.05, 0) is 38.5 Å². The first kappa shape index (κ1) is 112. The molecule has 724 valence electrons. The Morgan fingerprint density at radius 1 is 0.291 bits per heavy atom. The van der Waals surface area contributed by atoms with E-state index in [0.717, 1.165) is 62.3 Å². The third-order valence-electron chi connectivity index (χ3n) is 17.4. The summed E-state index contributed by atoms with van der Waals surface area (Å²) < 4.78 is 133. The van der Waals surface area contributed by atoms with Crippen molar-refractivity contribution in [2.75, 3.05) is 172 Å². The Morgan fingerprint density at radius 2 is 0.543 bits per heavy atom. The van der Waals surface area contributed by atoms with Crippen molar-refractivity contribution in [1.29, 1.82) is 0 Å². The molecule has 0 aromatic carbocycles. The summed E-state index contributed by atoms with van der Waals surface area (Å²) in [7, 11) is 0. The molecule has 0 aliphatic carbocycles. The zero-order valence-electron chi connectivity index (χ0n) is 73.6. The Morgan fingerprint density at radius 3 is 0.803 bits per heavy atom. The number of carboxylic acid groups (broad SMARTS) is 1. The summed E-state index contributed by atoms with van der Waals surface area (Å²) in [6.07, 6.45) is -14.3. The van der Waals surface area contributed by atoms with Crippen molar-refractivity contribution in [2.24, 2.45) is 0 Å². The van der Waals surface area contributed by atoms with Crippen molar-refractivity contribution < 1.29 is 200 Å². The second-order valence-electron chi connectivity index (χ2n) is 28.3. The highest BCUT2D eigenvalue weighted by Crippen LogP contribution is 2.32. The van der Waals surface area contributed by atoms with Gasteiger partial charge in [-0.2, -0.15) is 0 Å². The third kappa shape index (κ3) is 49.5. The average molecular weight is 1830 g/mol. The molecule has 0 spiro atoms. The van der Waals surface area contributed by atoms with E-state index < -0.39 is 231 Å². The number of esters is 9. The van der Waals surface area contributed by atoms with Crippen molar-refractivity contribution in [3.05, 3.63) is 0 Å². The molecular formula is C78H125N7O42. The summed E-state index contributed by atoms with van der Waals surface area (Å²) in [4.78, 5) is 209. The van der Waals surface area contributed by atoms with Gasteiger partial charge in [0.05, 0.1) is 119 Å². The van der Waals surface area contributed by atoms with Crippen LogP contribution in [-0.4, -0.2) is 382 Å². The van der Waals surface area contributed by atoms with E-state index in [9.17, 15) is 86.6 Å². The topological polar surface area (TPSA) is 616 Å². The molecule has 0 radical (unpaired) electrons. The zero-order valence-corrected chi connectivity index (χ0v) is 73.6. The number of aliphatic carboxylic acids is 1. The van der Waals surface area contributed by atoms with Crippen molar-refractivity contribution in [3.63, 3.8) is 0 Å². The van der Waals surface area contributed by atoms with Gasteiger partial charge in [-0.1, -0.05) is 0 Å². The number of nitrogens with one attached hydrogen (secondary N) is 7. The van der Waals surface area contributed by atoms with Gasteiger partial charge in [0.2, 0.25) is 41.4 Å². The molecule has 0 saturated carbocycles. The highest BCUT2D eigenvalue weighted by atomic mass is 16.7. The standard InChI is InChI=1S/C78H125N7O42/c1-45(86)81-65-71(122-54(10)95)68(119-51(7)92)59(39-116-48(4)89)125-76(65)113-36-33-107-24-21-104-27-30-110-42-62(98)79-19-15-13-17-57(84-64(100)44-112-32-29-106-23-26-109-35-38-115-78-67(83-47(3)88)73(124-56(12)97)70(121-53(9)94)61(127-78)41-118-50(6)91)74(101)85-58(75(102)103)18-14-16-20-80-63(99)43-111-31-28-105-22-25-108-34-37-114-77-66(82-46(2)87)72(123-55(11)96)69(120-52(8)93)60(126-77)40-117-49(5)90/h57-61,65-73,76-78H,13-44H2,1-12H3,(H,79,98)(H,80,99)(H,81,86)(H,82,87)(H,83,88)(H,84,100)(H,85,101)(H,102,103)/t57?,58?,59-,60-,61-,65-,66-,67-,68+,69+,70+,71-,72-,73-,76-,77-,78-/m1/s1. The molecule has 8 N–H and O–H groups in total. The minimum Gasteiger partial charge on any atom is -0.480 e. The summed E-state index contributed by atoms with van der Waals surface area (Å²) in [5.41, 5.74) is 0. The molecule has 49 nitrogen and oxygen atoms in total. The minimum atomic E-state index is -1.42. The largest absolute Gasteiger partial charge is 0.480 e. The average Bonchev–Trinajstić information content (AvgIpc) is 0.796. The van der Waals surface area contributed by atoms with E-state index >= 15 is 0 Å². The lowest BCUT2D eigenvalue weighted by molar-refractivity contribution is -0.279. The van der Waals surface area contributed by atoms with Gasteiger partial charge in [-0.3, -0.25) is 76.7 Å². The normalized spacial score (nSPS) is 22.3. The third-order valence-corrected chi connectivity index (χ3v) is 17.4. The van der Waals surface area contributed by atoms with E-state index in [0.29, 0.717) is 12.8 Å². The van der Waals surface area contributed by atoms with Crippen LogP contribution in [0.15, 0.2) is 0 Å². The van der Waals surface area contributed by atoms with E-state index in [1.807, 2.05) is 0 Å². The molecule has 3 fully saturated rings. The molecule has 0 bridgehead atoms. The first-order chi connectivity index (χ1) is 60.5. The Labute approximate surface area is 733 Å². The lowest BCUT2D eigenvalue weighted by Crippen LogP contribution is -2.66. The number of unbranched alkanes of at least 4 members (excludes halogenated alkanes) is 2. The van der Waals surface area contributed by atoms with Crippen LogP contribution in [0, 0.1) is 0 Å². The summed E-state index contributed by atoms with van der Waals surface area (Å²) >= 11 is 0. The molecule has 3 rings (SSSR count). The van der Waals surface area contributed by atoms with E-state index in [2.05, 4.69) is 37.2 Å². The van der Waals surface area contributed by atoms with Gasteiger partial charge in [-0.15, -0.1) is 0 Å². The van der Waals surface area contributed by atoms with E-state index in [4.69, 9.17) is 114 Å². The smallest absolute Gasteiger partial charge is 0.326 e. The predicted octanol–water partition coefficient (Wildman–Crippen LogP) is -4.22. The highest BCUT2D eigenvalue weighted by molar-refractivity contribution is 5.90. The van der Waals surface area contributed by atoms with E-state index in [1.54, 1.807) is 0 Å². The Balaban J connectivity index is 1.47. The zero-order chi connectivity index (χ0) is 94.2. The first-order valence-electron chi connectivity index (χ1n) is 41.1.